The van der Waals surface area contributed by atoms with Gasteiger partial charge in [0, 0.05) is 25.2 Å². The van der Waals surface area contributed by atoms with Crippen molar-refractivity contribution in [3.8, 4) is 0 Å². The number of unbranched alkanes of at least 4 members (excludes halogenated alkanes) is 2. The van der Waals surface area contributed by atoms with Gasteiger partial charge in [0.05, 0.1) is 30.6 Å². The third-order valence-corrected chi connectivity index (χ3v) is 8.30. The van der Waals surface area contributed by atoms with E-state index in [1.807, 2.05) is 13.8 Å². The Morgan fingerprint density at radius 2 is 1.82 bits per heavy atom. The molecule has 1 aromatic heterocycles. The molecular formula is C22H25ClN4O5S2. The highest BCUT2D eigenvalue weighted by molar-refractivity contribution is 7.89. The van der Waals surface area contributed by atoms with Crippen LogP contribution in [-0.2, 0) is 10.0 Å². The minimum absolute atomic E-state index is 0.0547. The van der Waals surface area contributed by atoms with Crippen LogP contribution in [0, 0.1) is 10.1 Å². The van der Waals surface area contributed by atoms with Crippen LogP contribution in [0.25, 0.3) is 10.2 Å². The summed E-state index contributed by atoms with van der Waals surface area (Å²) in [5.74, 6) is -0.647. The Bertz CT molecular complexity index is 1300. The second-order valence-corrected chi connectivity index (χ2v) is 11.0. The summed E-state index contributed by atoms with van der Waals surface area (Å²) in [4.78, 5) is 27.6. The molecule has 0 spiro atoms. The number of hydrogen-bond donors (Lipinski definition) is 1. The highest BCUT2D eigenvalue weighted by atomic mass is 35.5. The highest BCUT2D eigenvalue weighted by Gasteiger charge is 2.24. The number of thiazole rings is 1. The molecule has 0 aliphatic rings. The first-order valence-corrected chi connectivity index (χ1v) is 13.5. The quantitative estimate of drug-likeness (QED) is 0.253. The SMILES string of the molecule is CCCCN(CCCC)S(=O)(=O)c1ccc2nc(NC(=O)c3cc([N+](=O)[O-])ccc3Cl)sc2c1. The third kappa shape index (κ3) is 5.90. The van der Waals surface area contributed by atoms with Gasteiger partial charge in [-0.05, 0) is 37.1 Å². The van der Waals surface area contributed by atoms with Gasteiger partial charge in [-0.15, -0.1) is 0 Å². The van der Waals surface area contributed by atoms with Gasteiger partial charge in [0.15, 0.2) is 5.13 Å². The van der Waals surface area contributed by atoms with Crippen molar-refractivity contribution in [3.63, 3.8) is 0 Å². The first kappa shape index (κ1) is 26.0. The Hall–Kier alpha value is -2.60. The molecule has 0 fully saturated rings. The Kier molecular flexibility index (Phi) is 8.58. The molecule has 0 bridgehead atoms. The predicted molar refractivity (Wildman–Crippen MR) is 134 cm³/mol. The second-order valence-electron chi connectivity index (χ2n) is 7.64. The topological polar surface area (TPSA) is 123 Å². The number of nitrogens with zero attached hydrogens (tertiary/aromatic N) is 3. The normalized spacial score (nSPS) is 11.8. The summed E-state index contributed by atoms with van der Waals surface area (Å²) < 4.78 is 28.6. The van der Waals surface area contributed by atoms with E-state index in [0.717, 1.165) is 43.1 Å². The summed E-state index contributed by atoms with van der Waals surface area (Å²) in [7, 11) is -3.67. The van der Waals surface area contributed by atoms with Gasteiger partial charge in [0.25, 0.3) is 11.6 Å². The van der Waals surface area contributed by atoms with E-state index < -0.39 is 20.9 Å². The zero-order chi connectivity index (χ0) is 24.9. The Morgan fingerprint density at radius 3 is 2.44 bits per heavy atom. The van der Waals surface area contributed by atoms with Crippen molar-refractivity contribution < 1.29 is 18.1 Å². The second kappa shape index (κ2) is 11.2. The lowest BCUT2D eigenvalue weighted by Gasteiger charge is -2.21. The number of carbonyl (C=O) groups excluding carboxylic acids is 1. The fraction of sp³-hybridized carbons (Fsp3) is 0.364. The van der Waals surface area contributed by atoms with Crippen LogP contribution in [0.5, 0.6) is 0 Å². The van der Waals surface area contributed by atoms with Gasteiger partial charge in [-0.3, -0.25) is 20.2 Å². The molecule has 34 heavy (non-hydrogen) atoms. The number of carbonyl (C=O) groups is 1. The Morgan fingerprint density at radius 1 is 1.15 bits per heavy atom. The summed E-state index contributed by atoms with van der Waals surface area (Å²) in [5, 5.41) is 13.9. The molecule has 0 unspecified atom stereocenters. The number of nitro benzene ring substituents is 1. The number of aromatic nitrogens is 1. The van der Waals surface area contributed by atoms with E-state index in [1.54, 1.807) is 12.1 Å². The van der Waals surface area contributed by atoms with Crippen LogP contribution >= 0.6 is 22.9 Å². The van der Waals surface area contributed by atoms with E-state index in [-0.39, 0.29) is 26.3 Å². The zero-order valence-corrected chi connectivity index (χ0v) is 21.2. The molecule has 12 heteroatoms. The Balaban J connectivity index is 1.87. The molecule has 1 N–H and O–H groups in total. The van der Waals surface area contributed by atoms with Crippen LogP contribution in [0.3, 0.4) is 0 Å². The van der Waals surface area contributed by atoms with Crippen LogP contribution in [0.4, 0.5) is 10.8 Å². The number of benzene rings is 2. The molecule has 182 valence electrons. The average Bonchev–Trinajstić information content (AvgIpc) is 3.20. The minimum Gasteiger partial charge on any atom is -0.298 e. The van der Waals surface area contributed by atoms with Gasteiger partial charge in [-0.2, -0.15) is 4.31 Å². The van der Waals surface area contributed by atoms with Gasteiger partial charge in [0.2, 0.25) is 10.0 Å². The van der Waals surface area contributed by atoms with Gasteiger partial charge in [-0.25, -0.2) is 13.4 Å². The summed E-state index contributed by atoms with van der Waals surface area (Å²) in [6, 6.07) is 8.27. The van der Waals surface area contributed by atoms with Gasteiger partial charge < -0.3 is 0 Å². The molecule has 3 rings (SSSR count). The number of rotatable bonds is 11. The van der Waals surface area contributed by atoms with Crippen LogP contribution in [0.1, 0.15) is 49.9 Å². The molecule has 0 saturated carbocycles. The van der Waals surface area contributed by atoms with E-state index in [0.29, 0.717) is 23.3 Å². The number of nitro groups is 1. The molecule has 2 aromatic carbocycles. The number of nitrogens with one attached hydrogen (secondary N) is 1. The van der Waals surface area contributed by atoms with E-state index in [2.05, 4.69) is 10.3 Å². The smallest absolute Gasteiger partial charge is 0.270 e. The summed E-state index contributed by atoms with van der Waals surface area (Å²) in [6.45, 7) is 4.96. The standard InChI is InChI=1S/C22H25ClN4O5S2/c1-3-5-11-26(12-6-4-2)34(31,32)16-8-10-19-20(14-16)33-22(24-19)25-21(28)17-13-15(27(29)30)7-9-18(17)23/h7-10,13-14H,3-6,11-12H2,1-2H3,(H,24,25,28). The average molecular weight is 525 g/mol. The fourth-order valence-electron chi connectivity index (χ4n) is 3.25. The van der Waals surface area contributed by atoms with Crippen LogP contribution in [0.15, 0.2) is 41.3 Å². The van der Waals surface area contributed by atoms with Crippen molar-refractivity contribution in [2.24, 2.45) is 0 Å². The Labute approximate surface area is 207 Å². The monoisotopic (exact) mass is 524 g/mol. The first-order chi connectivity index (χ1) is 16.2. The van der Waals surface area contributed by atoms with Crippen LogP contribution in [0.2, 0.25) is 5.02 Å². The van der Waals surface area contributed by atoms with Crippen LogP contribution in [-0.4, -0.2) is 41.6 Å². The number of amides is 1. The van der Waals surface area contributed by atoms with Crippen molar-refractivity contribution in [2.75, 3.05) is 18.4 Å². The lowest BCUT2D eigenvalue weighted by Crippen LogP contribution is -2.33. The van der Waals surface area contributed by atoms with E-state index in [1.165, 1.54) is 22.5 Å². The number of anilines is 1. The predicted octanol–water partition coefficient (Wildman–Crippen LogP) is 5.70. The largest absolute Gasteiger partial charge is 0.298 e. The van der Waals surface area contributed by atoms with Gasteiger partial charge in [0.1, 0.15) is 0 Å². The molecular weight excluding hydrogens is 500 g/mol. The lowest BCUT2D eigenvalue weighted by atomic mass is 10.2. The van der Waals surface area contributed by atoms with Crippen molar-refractivity contribution in [1.82, 2.24) is 9.29 Å². The maximum absolute atomic E-state index is 13.3. The molecule has 0 aliphatic carbocycles. The first-order valence-electron chi connectivity index (χ1n) is 10.8. The van der Waals surface area contributed by atoms with Gasteiger partial charge in [-0.1, -0.05) is 49.6 Å². The summed E-state index contributed by atoms with van der Waals surface area (Å²) >= 11 is 7.15. The fourth-order valence-corrected chi connectivity index (χ4v) is 5.98. The highest BCUT2D eigenvalue weighted by Crippen LogP contribution is 2.30. The number of non-ortho nitro benzene ring substituents is 1. The van der Waals surface area contributed by atoms with E-state index in [4.69, 9.17) is 11.6 Å². The molecule has 9 nitrogen and oxygen atoms in total. The summed E-state index contributed by atoms with van der Waals surface area (Å²) in [5.41, 5.74) is 0.211. The van der Waals surface area contributed by atoms with Crippen LogP contribution < -0.4 is 5.32 Å². The summed E-state index contributed by atoms with van der Waals surface area (Å²) in [6.07, 6.45) is 3.34. The number of halogens is 1. The van der Waals surface area contributed by atoms with E-state index >= 15 is 0 Å². The van der Waals surface area contributed by atoms with Crippen molar-refractivity contribution >= 4 is 59.9 Å². The zero-order valence-electron chi connectivity index (χ0n) is 18.8. The molecule has 0 saturated heterocycles. The molecule has 1 heterocycles. The van der Waals surface area contributed by atoms with Crippen molar-refractivity contribution in [1.29, 1.82) is 0 Å². The minimum atomic E-state index is -3.67. The number of hydrogen-bond acceptors (Lipinski definition) is 7. The van der Waals surface area contributed by atoms with Gasteiger partial charge >= 0.3 is 0 Å². The molecule has 1 amide bonds. The molecule has 0 radical (unpaired) electrons. The van der Waals surface area contributed by atoms with Crippen molar-refractivity contribution in [3.05, 3.63) is 57.1 Å². The molecule has 0 aliphatic heterocycles. The third-order valence-electron chi connectivity index (χ3n) is 5.15. The maximum atomic E-state index is 13.3. The van der Waals surface area contributed by atoms with E-state index in [9.17, 15) is 23.3 Å². The molecule has 0 atom stereocenters. The van der Waals surface area contributed by atoms with Crippen molar-refractivity contribution in [2.45, 2.75) is 44.4 Å². The lowest BCUT2D eigenvalue weighted by molar-refractivity contribution is -0.384. The maximum Gasteiger partial charge on any atom is 0.270 e. The number of fused-ring (bicyclic) bond motifs is 1. The number of sulfonamides is 1. The molecule has 3 aromatic rings.